The summed E-state index contributed by atoms with van der Waals surface area (Å²) in [6.45, 7) is 4.63. The van der Waals surface area contributed by atoms with Crippen LogP contribution in [0.2, 0.25) is 0 Å². The Hall–Kier alpha value is -1.70. The minimum Gasteiger partial charge on any atom is -0.480 e. The van der Waals surface area contributed by atoms with Crippen molar-refractivity contribution < 1.29 is 14.7 Å². The highest BCUT2D eigenvalue weighted by atomic mass is 32.1. The van der Waals surface area contributed by atoms with Gasteiger partial charge in [-0.25, -0.2) is 9.59 Å². The molecule has 20 heavy (non-hydrogen) atoms. The Morgan fingerprint density at radius 1 is 1.50 bits per heavy atom. The van der Waals surface area contributed by atoms with E-state index in [1.165, 1.54) is 16.2 Å². The molecule has 1 aromatic rings. The number of carboxylic acid groups (broad SMARTS) is 1. The van der Waals surface area contributed by atoms with Gasteiger partial charge in [0.1, 0.15) is 11.0 Å². The molecule has 1 aliphatic rings. The molecule has 110 valence electrons. The molecule has 1 saturated heterocycles. The second kappa shape index (κ2) is 6.17. The third-order valence-corrected chi connectivity index (χ3v) is 3.92. The SMILES string of the molecule is CC(C)Cc1nnc(NC(=O)N2CCC[C@@H]2C(=O)O)s1. The Morgan fingerprint density at radius 2 is 2.25 bits per heavy atom. The van der Waals surface area contributed by atoms with E-state index < -0.39 is 18.0 Å². The summed E-state index contributed by atoms with van der Waals surface area (Å²) >= 11 is 1.33. The molecule has 2 heterocycles. The number of rotatable bonds is 4. The summed E-state index contributed by atoms with van der Waals surface area (Å²) in [7, 11) is 0. The molecule has 0 aliphatic carbocycles. The third kappa shape index (κ3) is 3.44. The van der Waals surface area contributed by atoms with E-state index in [2.05, 4.69) is 29.4 Å². The van der Waals surface area contributed by atoms with Crippen LogP contribution in [0.3, 0.4) is 0 Å². The van der Waals surface area contributed by atoms with Crippen molar-refractivity contribution in [2.45, 2.75) is 39.2 Å². The number of carbonyl (C=O) groups is 2. The highest BCUT2D eigenvalue weighted by Gasteiger charge is 2.34. The predicted octanol–water partition coefficient (Wildman–Crippen LogP) is 1.82. The number of carbonyl (C=O) groups excluding carboxylic acids is 1. The van der Waals surface area contributed by atoms with Gasteiger partial charge >= 0.3 is 12.0 Å². The lowest BCUT2D eigenvalue weighted by Crippen LogP contribution is -2.42. The van der Waals surface area contributed by atoms with Crippen LogP contribution in [0.25, 0.3) is 0 Å². The molecule has 0 unspecified atom stereocenters. The van der Waals surface area contributed by atoms with Crippen molar-refractivity contribution in [3.63, 3.8) is 0 Å². The van der Waals surface area contributed by atoms with Crippen LogP contribution in [0, 0.1) is 5.92 Å². The van der Waals surface area contributed by atoms with Crippen molar-refractivity contribution in [2.75, 3.05) is 11.9 Å². The van der Waals surface area contributed by atoms with Gasteiger partial charge in [-0.2, -0.15) is 0 Å². The summed E-state index contributed by atoms with van der Waals surface area (Å²) in [5.74, 6) is -0.489. The number of likely N-dealkylation sites (tertiary alicyclic amines) is 1. The van der Waals surface area contributed by atoms with E-state index in [9.17, 15) is 9.59 Å². The fourth-order valence-corrected chi connectivity index (χ4v) is 3.11. The molecule has 1 fully saturated rings. The van der Waals surface area contributed by atoms with Gasteiger partial charge in [0.25, 0.3) is 0 Å². The predicted molar refractivity (Wildman–Crippen MR) is 74.8 cm³/mol. The van der Waals surface area contributed by atoms with Crippen molar-refractivity contribution in [1.29, 1.82) is 0 Å². The van der Waals surface area contributed by atoms with E-state index in [0.717, 1.165) is 11.4 Å². The first kappa shape index (κ1) is 14.7. The molecule has 0 spiro atoms. The van der Waals surface area contributed by atoms with Crippen molar-refractivity contribution in [1.82, 2.24) is 15.1 Å². The molecule has 2 rings (SSSR count). The van der Waals surface area contributed by atoms with Gasteiger partial charge in [-0.1, -0.05) is 25.2 Å². The number of hydrogen-bond acceptors (Lipinski definition) is 5. The van der Waals surface area contributed by atoms with E-state index >= 15 is 0 Å². The third-order valence-electron chi connectivity index (χ3n) is 3.06. The molecule has 7 nitrogen and oxygen atoms in total. The molecule has 1 aliphatic heterocycles. The first-order valence-corrected chi connectivity index (χ1v) is 7.42. The molecule has 2 N–H and O–H groups in total. The molecule has 0 radical (unpaired) electrons. The minimum absolute atomic E-state index is 0.415. The Morgan fingerprint density at radius 3 is 2.90 bits per heavy atom. The first-order chi connectivity index (χ1) is 9.47. The smallest absolute Gasteiger partial charge is 0.326 e. The largest absolute Gasteiger partial charge is 0.480 e. The Labute approximate surface area is 121 Å². The van der Waals surface area contributed by atoms with Crippen LogP contribution >= 0.6 is 11.3 Å². The number of aromatic nitrogens is 2. The fourth-order valence-electron chi connectivity index (χ4n) is 2.17. The van der Waals surface area contributed by atoms with Crippen LogP contribution in [0.5, 0.6) is 0 Å². The number of hydrogen-bond donors (Lipinski definition) is 2. The van der Waals surface area contributed by atoms with Crippen LogP contribution in [0.15, 0.2) is 0 Å². The maximum Gasteiger partial charge on any atom is 0.326 e. The number of nitrogens with zero attached hydrogens (tertiary/aromatic N) is 3. The second-order valence-electron chi connectivity index (χ2n) is 5.22. The van der Waals surface area contributed by atoms with Crippen LogP contribution in [0.4, 0.5) is 9.93 Å². The van der Waals surface area contributed by atoms with Gasteiger partial charge in [-0.05, 0) is 18.8 Å². The van der Waals surface area contributed by atoms with Gasteiger partial charge in [0.15, 0.2) is 0 Å². The van der Waals surface area contributed by atoms with Crippen molar-refractivity contribution in [3.05, 3.63) is 5.01 Å². The average Bonchev–Trinajstić information content (AvgIpc) is 2.96. The molecule has 2 amide bonds. The zero-order valence-electron chi connectivity index (χ0n) is 11.5. The number of carboxylic acids is 1. The maximum absolute atomic E-state index is 12.1. The quantitative estimate of drug-likeness (QED) is 0.884. The monoisotopic (exact) mass is 298 g/mol. The zero-order valence-corrected chi connectivity index (χ0v) is 12.3. The standard InChI is InChI=1S/C12H18N4O3S/c1-7(2)6-9-14-15-11(20-9)13-12(19)16-5-3-4-8(16)10(17)18/h7-8H,3-6H2,1-2H3,(H,17,18)(H,13,15,19)/t8-/m1/s1. The molecular weight excluding hydrogens is 280 g/mol. The first-order valence-electron chi connectivity index (χ1n) is 6.60. The Bertz CT molecular complexity index is 503. The lowest BCUT2D eigenvalue weighted by Gasteiger charge is -2.20. The van der Waals surface area contributed by atoms with E-state index in [1.54, 1.807) is 0 Å². The van der Waals surface area contributed by atoms with Gasteiger partial charge in [-0.3, -0.25) is 5.32 Å². The fraction of sp³-hybridized carbons (Fsp3) is 0.667. The van der Waals surface area contributed by atoms with E-state index in [4.69, 9.17) is 5.11 Å². The molecular formula is C12H18N4O3S. The lowest BCUT2D eigenvalue weighted by atomic mass is 10.1. The van der Waals surface area contributed by atoms with Gasteiger partial charge in [-0.15, -0.1) is 10.2 Å². The Balaban J connectivity index is 1.97. The number of anilines is 1. The topological polar surface area (TPSA) is 95.4 Å². The molecule has 0 aromatic carbocycles. The highest BCUT2D eigenvalue weighted by Crippen LogP contribution is 2.22. The maximum atomic E-state index is 12.1. The van der Waals surface area contributed by atoms with Gasteiger partial charge in [0, 0.05) is 13.0 Å². The zero-order chi connectivity index (χ0) is 14.7. The molecule has 0 saturated carbocycles. The minimum atomic E-state index is -0.963. The van der Waals surface area contributed by atoms with Crippen LogP contribution in [-0.4, -0.2) is 44.8 Å². The molecule has 8 heteroatoms. The summed E-state index contributed by atoms with van der Waals surface area (Å²) in [5.41, 5.74) is 0. The molecule has 0 bridgehead atoms. The van der Waals surface area contributed by atoms with E-state index in [1.807, 2.05) is 0 Å². The molecule has 1 aromatic heterocycles. The summed E-state index contributed by atoms with van der Waals surface area (Å²) in [5, 5.41) is 20.9. The van der Waals surface area contributed by atoms with Gasteiger partial charge < -0.3 is 10.0 Å². The normalized spacial score (nSPS) is 18.6. The number of nitrogens with one attached hydrogen (secondary N) is 1. The van der Waals surface area contributed by atoms with Crippen molar-refractivity contribution in [2.24, 2.45) is 5.92 Å². The number of aliphatic carboxylic acids is 1. The van der Waals surface area contributed by atoms with E-state index in [0.29, 0.717) is 30.4 Å². The second-order valence-corrected chi connectivity index (χ2v) is 6.28. The highest BCUT2D eigenvalue weighted by molar-refractivity contribution is 7.15. The lowest BCUT2D eigenvalue weighted by molar-refractivity contribution is -0.141. The van der Waals surface area contributed by atoms with Crippen molar-refractivity contribution >= 4 is 28.5 Å². The summed E-state index contributed by atoms with van der Waals surface area (Å²) in [6.07, 6.45) is 2.02. The summed E-state index contributed by atoms with van der Waals surface area (Å²) < 4.78 is 0. The van der Waals surface area contributed by atoms with Crippen LogP contribution in [-0.2, 0) is 11.2 Å². The van der Waals surface area contributed by atoms with E-state index in [-0.39, 0.29) is 0 Å². The van der Waals surface area contributed by atoms with Crippen molar-refractivity contribution in [3.8, 4) is 0 Å². The summed E-state index contributed by atoms with van der Waals surface area (Å²) in [4.78, 5) is 24.4. The number of urea groups is 1. The Kier molecular flexibility index (Phi) is 4.53. The molecule has 1 atom stereocenters. The van der Waals surface area contributed by atoms with Crippen LogP contribution < -0.4 is 5.32 Å². The van der Waals surface area contributed by atoms with Crippen LogP contribution in [0.1, 0.15) is 31.7 Å². The van der Waals surface area contributed by atoms with Gasteiger partial charge in [0.2, 0.25) is 5.13 Å². The number of amides is 2. The average molecular weight is 298 g/mol. The van der Waals surface area contributed by atoms with Gasteiger partial charge in [0.05, 0.1) is 0 Å². The summed E-state index contributed by atoms with van der Waals surface area (Å²) in [6, 6.07) is -1.15.